The van der Waals surface area contributed by atoms with Gasteiger partial charge in [0.1, 0.15) is 5.75 Å². The van der Waals surface area contributed by atoms with Gasteiger partial charge in [0.2, 0.25) is 11.9 Å². The zero-order chi connectivity index (χ0) is 20.3. The summed E-state index contributed by atoms with van der Waals surface area (Å²) in [5.74, 6) is 0.608. The Hall–Kier alpha value is -2.49. The van der Waals surface area contributed by atoms with Gasteiger partial charge in [-0.15, -0.1) is 9.78 Å². The van der Waals surface area contributed by atoms with Crippen molar-refractivity contribution in [2.45, 2.75) is 6.54 Å². The molecular formula is C17H15BrCl2N6O2. The van der Waals surface area contributed by atoms with E-state index in [1.807, 2.05) is 6.07 Å². The first-order chi connectivity index (χ1) is 13.4. The predicted molar refractivity (Wildman–Crippen MR) is 113 cm³/mol. The molecule has 3 rings (SSSR count). The van der Waals surface area contributed by atoms with Crippen LogP contribution in [0.2, 0.25) is 10.0 Å². The SMILES string of the molecule is COc1cc(Br)ccc1Nc1nc(N)nn1C(=O)NCc1c(Cl)cccc1Cl. The van der Waals surface area contributed by atoms with Crippen LogP contribution in [-0.2, 0) is 6.54 Å². The minimum absolute atomic E-state index is 0.0653. The van der Waals surface area contributed by atoms with Crippen molar-refractivity contribution in [2.24, 2.45) is 0 Å². The van der Waals surface area contributed by atoms with Crippen LogP contribution in [-0.4, -0.2) is 27.9 Å². The third-order valence-corrected chi connectivity index (χ3v) is 4.91. The molecule has 0 aliphatic carbocycles. The van der Waals surface area contributed by atoms with E-state index in [1.165, 1.54) is 7.11 Å². The highest BCUT2D eigenvalue weighted by atomic mass is 79.9. The van der Waals surface area contributed by atoms with Crippen LogP contribution in [0.1, 0.15) is 5.56 Å². The third kappa shape index (κ3) is 4.49. The number of carbonyl (C=O) groups is 1. The maximum Gasteiger partial charge on any atom is 0.345 e. The first-order valence-electron chi connectivity index (χ1n) is 7.93. The lowest BCUT2D eigenvalue weighted by Crippen LogP contribution is -2.30. The first kappa shape index (κ1) is 20.2. The number of anilines is 3. The van der Waals surface area contributed by atoms with E-state index in [-0.39, 0.29) is 18.4 Å². The molecule has 8 nitrogen and oxygen atoms in total. The molecule has 0 aliphatic rings. The van der Waals surface area contributed by atoms with Crippen molar-refractivity contribution in [1.82, 2.24) is 20.1 Å². The second-order valence-corrected chi connectivity index (χ2v) is 7.26. The molecule has 1 heterocycles. The summed E-state index contributed by atoms with van der Waals surface area (Å²) < 4.78 is 7.18. The largest absolute Gasteiger partial charge is 0.495 e. The molecule has 0 atom stereocenters. The number of rotatable bonds is 5. The molecule has 1 aromatic heterocycles. The zero-order valence-corrected chi connectivity index (χ0v) is 17.6. The molecule has 1 amide bonds. The minimum Gasteiger partial charge on any atom is -0.495 e. The van der Waals surface area contributed by atoms with Crippen LogP contribution in [0.15, 0.2) is 40.9 Å². The second-order valence-electron chi connectivity index (χ2n) is 5.53. The molecule has 146 valence electrons. The van der Waals surface area contributed by atoms with Crippen molar-refractivity contribution >= 4 is 62.7 Å². The van der Waals surface area contributed by atoms with Gasteiger partial charge in [-0.3, -0.25) is 0 Å². The van der Waals surface area contributed by atoms with Gasteiger partial charge in [-0.1, -0.05) is 45.2 Å². The van der Waals surface area contributed by atoms with Gasteiger partial charge in [0, 0.05) is 26.6 Å². The number of methoxy groups -OCH3 is 1. The van der Waals surface area contributed by atoms with Crippen molar-refractivity contribution in [3.05, 3.63) is 56.5 Å². The molecule has 0 saturated heterocycles. The Labute approximate surface area is 179 Å². The molecule has 0 spiro atoms. The lowest BCUT2D eigenvalue weighted by atomic mass is 10.2. The van der Waals surface area contributed by atoms with Gasteiger partial charge < -0.3 is 21.1 Å². The monoisotopic (exact) mass is 484 g/mol. The summed E-state index contributed by atoms with van der Waals surface area (Å²) in [5, 5.41) is 10.5. The third-order valence-electron chi connectivity index (χ3n) is 3.70. The Balaban J connectivity index is 1.81. The topological polar surface area (TPSA) is 107 Å². The average Bonchev–Trinajstić information content (AvgIpc) is 3.03. The van der Waals surface area contributed by atoms with Gasteiger partial charge in [0.05, 0.1) is 12.8 Å². The minimum atomic E-state index is -0.557. The van der Waals surface area contributed by atoms with Crippen LogP contribution >= 0.6 is 39.1 Å². The van der Waals surface area contributed by atoms with Gasteiger partial charge in [-0.2, -0.15) is 4.98 Å². The molecule has 0 aliphatic heterocycles. The van der Waals surface area contributed by atoms with Crippen LogP contribution in [0.25, 0.3) is 0 Å². The fraction of sp³-hybridized carbons (Fsp3) is 0.118. The number of nitrogens with one attached hydrogen (secondary N) is 2. The Bertz CT molecular complexity index is 1010. The number of benzene rings is 2. The smallest absolute Gasteiger partial charge is 0.345 e. The number of nitrogens with zero attached hydrogens (tertiary/aromatic N) is 3. The summed E-state index contributed by atoms with van der Waals surface area (Å²) in [6, 6.07) is 9.89. The Morgan fingerprint density at radius 3 is 2.68 bits per heavy atom. The highest BCUT2D eigenvalue weighted by Gasteiger charge is 2.17. The molecule has 0 radical (unpaired) electrons. The van der Waals surface area contributed by atoms with Gasteiger partial charge in [-0.25, -0.2) is 4.79 Å². The van der Waals surface area contributed by atoms with Crippen LogP contribution in [0.4, 0.5) is 22.4 Å². The van der Waals surface area contributed by atoms with Gasteiger partial charge in [-0.05, 0) is 30.3 Å². The number of ether oxygens (including phenoxy) is 1. The van der Waals surface area contributed by atoms with Crippen molar-refractivity contribution in [3.63, 3.8) is 0 Å². The molecule has 11 heteroatoms. The lowest BCUT2D eigenvalue weighted by molar-refractivity contribution is 0.239. The van der Waals surface area contributed by atoms with E-state index < -0.39 is 6.03 Å². The van der Waals surface area contributed by atoms with E-state index in [0.717, 1.165) is 9.15 Å². The van der Waals surface area contributed by atoms with E-state index in [2.05, 4.69) is 36.6 Å². The van der Waals surface area contributed by atoms with Gasteiger partial charge in [0.15, 0.2) is 0 Å². The van der Waals surface area contributed by atoms with Crippen molar-refractivity contribution in [1.29, 1.82) is 0 Å². The standard InChI is InChI=1S/C17H15BrCl2N6O2/c1-28-14-7-9(18)5-6-13(14)23-16-24-15(21)25-26(16)17(27)22-8-10-11(19)3-2-4-12(10)20/h2-7H,8H2,1H3,(H,22,27)(H3,21,23,24,25). The number of nitrogens with two attached hydrogens (primary N) is 1. The summed E-state index contributed by atoms with van der Waals surface area (Å²) in [7, 11) is 1.53. The molecule has 0 bridgehead atoms. The van der Waals surface area contributed by atoms with Crippen LogP contribution < -0.4 is 21.1 Å². The van der Waals surface area contributed by atoms with E-state index in [4.69, 9.17) is 33.7 Å². The maximum atomic E-state index is 12.6. The molecule has 4 N–H and O–H groups in total. The fourth-order valence-electron chi connectivity index (χ4n) is 2.38. The van der Waals surface area contributed by atoms with Crippen LogP contribution in [0, 0.1) is 0 Å². The maximum absolute atomic E-state index is 12.6. The summed E-state index contributed by atoms with van der Waals surface area (Å²) in [6.45, 7) is 0.109. The summed E-state index contributed by atoms with van der Waals surface area (Å²) in [5.41, 5.74) is 6.86. The van der Waals surface area contributed by atoms with E-state index in [0.29, 0.717) is 27.0 Å². The number of amides is 1. The van der Waals surface area contributed by atoms with Gasteiger partial charge >= 0.3 is 6.03 Å². The second kappa shape index (κ2) is 8.68. The highest BCUT2D eigenvalue weighted by Crippen LogP contribution is 2.30. The number of carbonyl (C=O) groups excluding carboxylic acids is 1. The molecular weight excluding hydrogens is 471 g/mol. The van der Waals surface area contributed by atoms with Crippen LogP contribution in [0.3, 0.4) is 0 Å². The van der Waals surface area contributed by atoms with Crippen molar-refractivity contribution in [2.75, 3.05) is 18.2 Å². The number of hydrogen-bond acceptors (Lipinski definition) is 6. The number of halogens is 3. The average molecular weight is 486 g/mol. The normalized spacial score (nSPS) is 10.6. The summed E-state index contributed by atoms with van der Waals surface area (Å²) >= 11 is 15.6. The fourth-order valence-corrected chi connectivity index (χ4v) is 3.25. The molecule has 0 unspecified atom stereocenters. The van der Waals surface area contributed by atoms with E-state index >= 15 is 0 Å². The number of aromatic nitrogens is 3. The van der Waals surface area contributed by atoms with Crippen LogP contribution in [0.5, 0.6) is 5.75 Å². The molecule has 2 aromatic carbocycles. The van der Waals surface area contributed by atoms with E-state index in [1.54, 1.807) is 30.3 Å². The molecule has 3 aromatic rings. The Kier molecular flexibility index (Phi) is 6.28. The first-order valence-corrected chi connectivity index (χ1v) is 9.48. The molecule has 0 fully saturated rings. The van der Waals surface area contributed by atoms with Crippen molar-refractivity contribution in [3.8, 4) is 5.75 Å². The molecule has 28 heavy (non-hydrogen) atoms. The highest BCUT2D eigenvalue weighted by molar-refractivity contribution is 9.10. The summed E-state index contributed by atoms with van der Waals surface area (Å²) in [4.78, 5) is 16.7. The van der Waals surface area contributed by atoms with Crippen molar-refractivity contribution < 1.29 is 9.53 Å². The lowest BCUT2D eigenvalue weighted by Gasteiger charge is -2.12. The quantitative estimate of drug-likeness (QED) is 0.493. The number of hydrogen-bond donors (Lipinski definition) is 3. The van der Waals surface area contributed by atoms with Gasteiger partial charge in [0.25, 0.3) is 0 Å². The Morgan fingerprint density at radius 2 is 2.00 bits per heavy atom. The summed E-state index contributed by atoms with van der Waals surface area (Å²) in [6.07, 6.45) is 0. The Morgan fingerprint density at radius 1 is 1.29 bits per heavy atom. The molecule has 0 saturated carbocycles. The number of nitrogen functional groups attached to an aromatic ring is 1. The zero-order valence-electron chi connectivity index (χ0n) is 14.5. The predicted octanol–water partition coefficient (Wildman–Crippen LogP) is 4.44. The van der Waals surface area contributed by atoms with E-state index in [9.17, 15) is 4.79 Å².